The molecule has 0 aliphatic carbocycles. The quantitative estimate of drug-likeness (QED) is 0.0666. The van der Waals surface area contributed by atoms with Crippen molar-refractivity contribution in [2.24, 2.45) is 17.8 Å². The molecule has 1 aliphatic heterocycles. The first-order chi connectivity index (χ1) is 32.8. The Kier molecular flexibility index (Phi) is 24.1. The van der Waals surface area contributed by atoms with Gasteiger partial charge in [0.1, 0.15) is 29.5 Å². The van der Waals surface area contributed by atoms with E-state index in [0.29, 0.717) is 22.8 Å². The zero-order chi connectivity index (χ0) is 49.4. The van der Waals surface area contributed by atoms with Gasteiger partial charge in [0.2, 0.25) is 0 Å². The number of esters is 2. The molecule has 1 aliphatic rings. The van der Waals surface area contributed by atoms with Gasteiger partial charge in [0.05, 0.1) is 47.8 Å². The van der Waals surface area contributed by atoms with Crippen LogP contribution >= 0.6 is 0 Å². The summed E-state index contributed by atoms with van der Waals surface area (Å²) in [4.78, 5) is 43.3. The lowest BCUT2D eigenvalue weighted by atomic mass is 9.87. The molecule has 1 heterocycles. The molecule has 3 aromatic carbocycles. The van der Waals surface area contributed by atoms with Crippen LogP contribution in [-0.2, 0) is 57.9 Å². The van der Waals surface area contributed by atoms with Crippen LogP contribution in [0.25, 0.3) is 0 Å². The maximum atomic E-state index is 15.3. The summed E-state index contributed by atoms with van der Waals surface area (Å²) in [7, 11) is 4.80. The van der Waals surface area contributed by atoms with Crippen molar-refractivity contribution in [1.82, 2.24) is 0 Å². The summed E-state index contributed by atoms with van der Waals surface area (Å²) in [6, 6.07) is 22.2. The van der Waals surface area contributed by atoms with E-state index in [9.17, 15) is 9.59 Å². The van der Waals surface area contributed by atoms with Gasteiger partial charge < -0.3 is 37.9 Å². The Balaban J connectivity index is 1.84. The maximum Gasteiger partial charge on any atom is 0.338 e. The number of cyclic esters (lactones) is 2. The highest BCUT2D eigenvalue weighted by Gasteiger charge is 2.42. The number of allylic oxidation sites excluding steroid dienone is 4. The van der Waals surface area contributed by atoms with Gasteiger partial charge in [-0.1, -0.05) is 139 Å². The Hall–Kier alpha value is -5.23. The van der Waals surface area contributed by atoms with Crippen LogP contribution in [-0.4, -0.2) is 70.1 Å². The number of methoxy groups -OCH3 is 3. The smallest absolute Gasteiger partial charge is 0.338 e. The van der Waals surface area contributed by atoms with E-state index in [1.807, 2.05) is 92.7 Å². The van der Waals surface area contributed by atoms with Crippen molar-refractivity contribution in [3.63, 3.8) is 0 Å². The number of unbranched alkanes of at least 4 members (excludes halogenated alkanes) is 7. The molecular weight excluding hydrogens is 861 g/mol. The summed E-state index contributed by atoms with van der Waals surface area (Å²) < 4.78 is 49.0. The minimum absolute atomic E-state index is 0.00476. The average Bonchev–Trinajstić information content (AvgIpc) is 3.34. The van der Waals surface area contributed by atoms with Gasteiger partial charge >= 0.3 is 11.9 Å². The number of ether oxygens (including phenoxy) is 8. The third-order valence-electron chi connectivity index (χ3n) is 12.5. The molecule has 7 atom stereocenters. The van der Waals surface area contributed by atoms with Gasteiger partial charge in [-0.05, 0) is 91.8 Å². The molecule has 0 N–H and O–H groups in total. The molecule has 0 saturated heterocycles. The Labute approximate surface area is 406 Å². The van der Waals surface area contributed by atoms with Gasteiger partial charge in [-0.3, -0.25) is 4.79 Å². The van der Waals surface area contributed by atoms with Crippen LogP contribution in [0.15, 0.2) is 108 Å². The largest absolute Gasteiger partial charge is 0.497 e. The second kappa shape index (κ2) is 29.6. The number of carbonyl (C=O) groups is 3. The average molecular weight is 939 g/mol. The lowest BCUT2D eigenvalue weighted by Crippen LogP contribution is -2.51. The summed E-state index contributed by atoms with van der Waals surface area (Å²) >= 11 is 0. The highest BCUT2D eigenvalue weighted by molar-refractivity contribution is 5.99. The second-order valence-electron chi connectivity index (χ2n) is 18.3. The third kappa shape index (κ3) is 18.4. The second-order valence-corrected chi connectivity index (χ2v) is 18.3. The van der Waals surface area contributed by atoms with Crippen molar-refractivity contribution in [3.8, 4) is 17.2 Å². The van der Waals surface area contributed by atoms with Crippen LogP contribution in [0.2, 0.25) is 0 Å². The van der Waals surface area contributed by atoms with Crippen molar-refractivity contribution in [2.75, 3.05) is 27.9 Å². The first-order valence-electron chi connectivity index (χ1n) is 24.5. The van der Waals surface area contributed by atoms with Crippen molar-refractivity contribution < 1.29 is 52.3 Å². The zero-order valence-corrected chi connectivity index (χ0v) is 42.4. The fraction of sp³-hybridized carbons (Fsp3) is 0.526. The van der Waals surface area contributed by atoms with Crippen molar-refractivity contribution in [1.29, 1.82) is 0 Å². The van der Waals surface area contributed by atoms with Gasteiger partial charge in [0, 0.05) is 17.4 Å². The molecular formula is C57H78O11. The predicted molar refractivity (Wildman–Crippen MR) is 267 cm³/mol. The standard InChI is InChI=1S/C57H78O11/c1-11-12-13-14-15-16-17-18-19-40(3)53-43(6)33-39(2)32-41(4)52(58)42(5)34-44(7)56(59)67-51(38-64-35-45-20-26-48(61-8)27-21-45)54(65-36-46-22-28-49(62-9)29-23-46)55(57(60)68-53)66-37-47-24-30-50(63-10)31-25-47/h20-34,40,42-43,51,53-55H,11-19,35-38H2,1-10H3/b39-33+,41-32+,44-34+/t40-,42+,43-,51+,53+,54+,55-/m0/s1. The fourth-order valence-electron chi connectivity index (χ4n) is 8.51. The number of hydrogen-bond acceptors (Lipinski definition) is 11. The van der Waals surface area contributed by atoms with Crippen LogP contribution < -0.4 is 14.2 Å². The van der Waals surface area contributed by atoms with E-state index in [-0.39, 0.29) is 49.6 Å². The minimum atomic E-state index is -1.41. The van der Waals surface area contributed by atoms with Crippen molar-refractivity contribution in [3.05, 3.63) is 124 Å². The SMILES string of the molecule is CCCCCCCCCC[C@H](C)[C@H]1OC(=O)[C@@H](OCc2ccc(OC)cc2)[C@H](OCc2ccc(OC)cc2)[C@@H](COCc2ccc(OC)cc2)OC(=O)/C(C)=C/[C@@H](C)C(=O)/C(C)=C/C(C)=C/[C@@H]1C. The van der Waals surface area contributed by atoms with E-state index >= 15 is 4.79 Å². The predicted octanol–water partition coefficient (Wildman–Crippen LogP) is 12.1. The maximum absolute atomic E-state index is 15.3. The molecule has 11 nitrogen and oxygen atoms in total. The number of carbonyl (C=O) groups excluding carboxylic acids is 3. The topological polar surface area (TPSA) is 125 Å². The number of rotatable bonds is 23. The summed E-state index contributed by atoms with van der Waals surface area (Å²) in [5.74, 6) is -0.363. The molecule has 4 rings (SSSR count). The van der Waals surface area contributed by atoms with Gasteiger partial charge in [-0.15, -0.1) is 0 Å². The first kappa shape index (κ1) is 55.4. The van der Waals surface area contributed by atoms with Gasteiger partial charge in [0.25, 0.3) is 0 Å². The molecule has 0 unspecified atom stereocenters. The molecule has 0 aromatic heterocycles. The molecule has 11 heteroatoms. The fourth-order valence-corrected chi connectivity index (χ4v) is 8.51. The van der Waals surface area contributed by atoms with E-state index in [1.54, 1.807) is 48.2 Å². The van der Waals surface area contributed by atoms with Crippen LogP contribution in [0.4, 0.5) is 0 Å². The lowest BCUT2D eigenvalue weighted by Gasteiger charge is -2.35. The Morgan fingerprint density at radius 2 is 1.10 bits per heavy atom. The number of hydrogen-bond donors (Lipinski definition) is 0. The molecule has 372 valence electrons. The lowest BCUT2D eigenvalue weighted by molar-refractivity contribution is -0.199. The molecule has 68 heavy (non-hydrogen) atoms. The number of Topliss-reactive ketones (excluding diaryl/α,β-unsaturated/α-hetero) is 1. The summed E-state index contributed by atoms with van der Waals surface area (Å²) in [6.07, 6.45) is 11.4. The van der Waals surface area contributed by atoms with Gasteiger partial charge in [-0.2, -0.15) is 0 Å². The Morgan fingerprint density at radius 1 is 0.603 bits per heavy atom. The molecule has 3 aromatic rings. The van der Waals surface area contributed by atoms with Crippen LogP contribution in [0.5, 0.6) is 17.2 Å². The Bertz CT molecular complexity index is 2070. The highest BCUT2D eigenvalue weighted by Crippen LogP contribution is 2.29. The molecule has 0 spiro atoms. The van der Waals surface area contributed by atoms with E-state index < -0.39 is 42.3 Å². The van der Waals surface area contributed by atoms with E-state index in [1.165, 1.54) is 32.1 Å². The summed E-state index contributed by atoms with van der Waals surface area (Å²) in [5, 5.41) is 0. The van der Waals surface area contributed by atoms with E-state index in [2.05, 4.69) is 19.9 Å². The van der Waals surface area contributed by atoms with Crippen molar-refractivity contribution >= 4 is 17.7 Å². The number of ketones is 1. The molecule has 0 saturated carbocycles. The molecule has 0 bridgehead atoms. The molecule has 0 amide bonds. The third-order valence-corrected chi connectivity index (χ3v) is 12.5. The van der Waals surface area contributed by atoms with E-state index in [4.69, 9.17) is 37.9 Å². The molecule has 0 radical (unpaired) electrons. The van der Waals surface area contributed by atoms with Crippen LogP contribution in [0, 0.1) is 17.8 Å². The minimum Gasteiger partial charge on any atom is -0.497 e. The van der Waals surface area contributed by atoms with Crippen molar-refractivity contribution in [2.45, 2.75) is 150 Å². The van der Waals surface area contributed by atoms with Crippen LogP contribution in [0.3, 0.4) is 0 Å². The normalized spacial score (nSPS) is 23.7. The summed E-state index contributed by atoms with van der Waals surface area (Å²) in [6.45, 7) is 13.5. The highest BCUT2D eigenvalue weighted by atomic mass is 16.6. The number of benzene rings is 3. The van der Waals surface area contributed by atoms with Gasteiger partial charge in [-0.25, -0.2) is 9.59 Å². The Morgan fingerprint density at radius 3 is 1.63 bits per heavy atom. The summed E-state index contributed by atoms with van der Waals surface area (Å²) in [5.41, 5.74) is 4.02. The molecule has 0 fully saturated rings. The van der Waals surface area contributed by atoms with E-state index in [0.717, 1.165) is 47.9 Å². The van der Waals surface area contributed by atoms with Crippen LogP contribution in [0.1, 0.15) is 123 Å². The van der Waals surface area contributed by atoms with Gasteiger partial charge in [0.15, 0.2) is 18.0 Å². The first-order valence-corrected chi connectivity index (χ1v) is 24.5. The zero-order valence-electron chi connectivity index (χ0n) is 42.4. The monoisotopic (exact) mass is 939 g/mol.